The molecule has 5 nitrogen and oxygen atoms in total. The van der Waals surface area contributed by atoms with Gasteiger partial charge in [0, 0.05) is 17.3 Å². The van der Waals surface area contributed by atoms with Crippen LogP contribution >= 0.6 is 11.3 Å². The van der Waals surface area contributed by atoms with Crippen molar-refractivity contribution in [3.63, 3.8) is 0 Å². The number of nitrogens with one attached hydrogen (secondary N) is 2. The van der Waals surface area contributed by atoms with E-state index in [9.17, 15) is 0 Å². The molecule has 0 bridgehead atoms. The van der Waals surface area contributed by atoms with Crippen molar-refractivity contribution in [3.05, 3.63) is 52.2 Å². The van der Waals surface area contributed by atoms with Gasteiger partial charge in [-0.25, -0.2) is 9.98 Å². The number of hydrogen-bond acceptors (Lipinski definition) is 4. The lowest BCUT2D eigenvalue weighted by molar-refractivity contribution is 0.488. The fraction of sp³-hybridized carbons (Fsp3) is 0.368. The number of guanidine groups is 1. The molecule has 0 radical (unpaired) electrons. The van der Waals surface area contributed by atoms with Crippen LogP contribution < -0.4 is 10.6 Å². The molecule has 1 aromatic carbocycles. The number of aromatic nitrogens is 1. The van der Waals surface area contributed by atoms with Gasteiger partial charge in [-0.1, -0.05) is 25.1 Å². The highest BCUT2D eigenvalue weighted by atomic mass is 32.1. The number of nitrogens with zero attached hydrogens (tertiary/aromatic N) is 2. The Hall–Kier alpha value is -2.34. The number of thiazole rings is 1. The third-order valence-corrected chi connectivity index (χ3v) is 4.91. The molecule has 0 fully saturated rings. The van der Waals surface area contributed by atoms with Crippen LogP contribution in [0.2, 0.25) is 0 Å². The lowest BCUT2D eigenvalue weighted by Crippen LogP contribution is -2.38. The number of hydrogen-bond donors (Lipinski definition) is 2. The number of aryl methyl sites for hydroxylation is 1. The fourth-order valence-corrected chi connectivity index (χ4v) is 3.29. The molecule has 0 saturated heterocycles. The van der Waals surface area contributed by atoms with Gasteiger partial charge in [-0.15, -0.1) is 11.3 Å². The van der Waals surface area contributed by atoms with Crippen LogP contribution in [-0.2, 0) is 13.0 Å². The fourth-order valence-electron chi connectivity index (χ4n) is 2.56. The smallest absolute Gasteiger partial charge is 0.192 e. The van der Waals surface area contributed by atoms with E-state index in [0.29, 0.717) is 6.54 Å². The largest absolute Gasteiger partial charge is 0.459 e. The van der Waals surface area contributed by atoms with Crippen LogP contribution in [0.1, 0.15) is 43.3 Å². The van der Waals surface area contributed by atoms with E-state index in [1.165, 1.54) is 0 Å². The third-order valence-electron chi connectivity index (χ3n) is 3.87. The lowest BCUT2D eigenvalue weighted by atomic mass is 10.2. The summed E-state index contributed by atoms with van der Waals surface area (Å²) < 4.78 is 5.93. The minimum Gasteiger partial charge on any atom is -0.459 e. The van der Waals surface area contributed by atoms with E-state index in [1.54, 1.807) is 11.3 Å². The average Bonchev–Trinajstić information content (AvgIpc) is 3.26. The Bertz CT molecular complexity index is 819. The molecular formula is C19H24N4OS. The topological polar surface area (TPSA) is 62.5 Å². The van der Waals surface area contributed by atoms with Crippen molar-refractivity contribution in [1.29, 1.82) is 0 Å². The molecule has 0 amide bonds. The maximum Gasteiger partial charge on any atom is 0.192 e. The summed E-state index contributed by atoms with van der Waals surface area (Å²) in [6.45, 7) is 7.62. The quantitative estimate of drug-likeness (QED) is 0.511. The summed E-state index contributed by atoms with van der Waals surface area (Å²) in [6.07, 6.45) is 0.968. The molecule has 0 saturated carbocycles. The van der Waals surface area contributed by atoms with Crippen LogP contribution in [0.5, 0.6) is 0 Å². The van der Waals surface area contributed by atoms with Crippen molar-refractivity contribution >= 4 is 28.3 Å². The summed E-state index contributed by atoms with van der Waals surface area (Å²) in [5, 5.41) is 11.0. The Labute approximate surface area is 152 Å². The molecule has 1 unspecified atom stereocenters. The first-order chi connectivity index (χ1) is 12.2. The van der Waals surface area contributed by atoms with Crippen molar-refractivity contribution in [3.8, 4) is 0 Å². The van der Waals surface area contributed by atoms with Crippen molar-refractivity contribution < 1.29 is 4.42 Å². The normalized spacial score (nSPS) is 13.2. The van der Waals surface area contributed by atoms with Crippen LogP contribution in [0.15, 0.2) is 45.1 Å². The van der Waals surface area contributed by atoms with Gasteiger partial charge in [0.25, 0.3) is 0 Å². The first-order valence-corrected chi connectivity index (χ1v) is 9.54. The van der Waals surface area contributed by atoms with Crippen molar-refractivity contribution in [1.82, 2.24) is 15.6 Å². The zero-order valence-electron chi connectivity index (χ0n) is 14.9. The Kier molecular flexibility index (Phi) is 5.71. The highest BCUT2D eigenvalue weighted by molar-refractivity contribution is 7.09. The molecule has 3 aromatic rings. The van der Waals surface area contributed by atoms with E-state index in [2.05, 4.69) is 58.9 Å². The molecule has 6 heteroatoms. The summed E-state index contributed by atoms with van der Waals surface area (Å²) in [5.74, 6) is 1.66. The second-order valence-corrected chi connectivity index (χ2v) is 6.78. The van der Waals surface area contributed by atoms with Gasteiger partial charge in [0.05, 0.1) is 23.3 Å². The van der Waals surface area contributed by atoms with E-state index < -0.39 is 0 Å². The predicted octanol–water partition coefficient (Wildman–Crippen LogP) is 4.27. The SMILES string of the molecule is CCNC(=NCc1csc(CC)n1)NC(C)c1cc2ccccc2o1. The van der Waals surface area contributed by atoms with E-state index in [1.807, 2.05) is 18.2 Å². The summed E-state index contributed by atoms with van der Waals surface area (Å²) in [5.41, 5.74) is 1.91. The van der Waals surface area contributed by atoms with Gasteiger partial charge in [-0.05, 0) is 32.4 Å². The van der Waals surface area contributed by atoms with Crippen molar-refractivity contribution in [2.75, 3.05) is 6.54 Å². The van der Waals surface area contributed by atoms with Crippen LogP contribution in [0.4, 0.5) is 0 Å². The first kappa shape index (κ1) is 17.5. The molecule has 0 aliphatic rings. The highest BCUT2D eigenvalue weighted by Crippen LogP contribution is 2.23. The molecule has 0 spiro atoms. The number of rotatable bonds is 6. The molecule has 0 aliphatic carbocycles. The second-order valence-electron chi connectivity index (χ2n) is 5.83. The second kappa shape index (κ2) is 8.16. The molecule has 2 N–H and O–H groups in total. The van der Waals surface area contributed by atoms with Crippen LogP contribution in [-0.4, -0.2) is 17.5 Å². The molecule has 3 rings (SSSR count). The zero-order valence-corrected chi connectivity index (χ0v) is 15.7. The maximum atomic E-state index is 5.93. The highest BCUT2D eigenvalue weighted by Gasteiger charge is 2.13. The minimum atomic E-state index is 0.0202. The molecule has 132 valence electrons. The number of para-hydroxylation sites is 1. The molecule has 25 heavy (non-hydrogen) atoms. The third kappa shape index (κ3) is 4.39. The first-order valence-electron chi connectivity index (χ1n) is 8.66. The number of furan rings is 1. The Morgan fingerprint density at radius 3 is 2.88 bits per heavy atom. The standard InChI is InChI=1S/C19H24N4OS/c1-4-18-23-15(12-25-18)11-21-19(20-5-2)22-13(3)17-10-14-8-6-7-9-16(14)24-17/h6-10,12-13H,4-5,11H2,1-3H3,(H2,20,21,22). The van der Waals surface area contributed by atoms with Gasteiger partial charge in [0.1, 0.15) is 11.3 Å². The van der Waals surface area contributed by atoms with E-state index >= 15 is 0 Å². The Morgan fingerprint density at radius 1 is 1.32 bits per heavy atom. The van der Waals surface area contributed by atoms with E-state index in [-0.39, 0.29) is 6.04 Å². The summed E-state index contributed by atoms with van der Waals surface area (Å²) >= 11 is 1.69. The van der Waals surface area contributed by atoms with E-state index in [0.717, 1.165) is 46.4 Å². The number of fused-ring (bicyclic) bond motifs is 1. The molecule has 2 heterocycles. The molecule has 2 aromatic heterocycles. The summed E-state index contributed by atoms with van der Waals surface area (Å²) in [4.78, 5) is 9.21. The van der Waals surface area contributed by atoms with Gasteiger partial charge in [-0.3, -0.25) is 0 Å². The monoisotopic (exact) mass is 356 g/mol. The predicted molar refractivity (Wildman–Crippen MR) is 104 cm³/mol. The number of aliphatic imine (C=N–C) groups is 1. The van der Waals surface area contributed by atoms with Gasteiger partial charge < -0.3 is 15.1 Å². The molecule has 1 atom stereocenters. The minimum absolute atomic E-state index is 0.0202. The van der Waals surface area contributed by atoms with Crippen LogP contribution in [0.3, 0.4) is 0 Å². The van der Waals surface area contributed by atoms with Gasteiger partial charge in [0.15, 0.2) is 5.96 Å². The molecule has 0 aliphatic heterocycles. The maximum absolute atomic E-state index is 5.93. The van der Waals surface area contributed by atoms with Gasteiger partial charge in [0.2, 0.25) is 0 Å². The van der Waals surface area contributed by atoms with E-state index in [4.69, 9.17) is 4.42 Å². The average molecular weight is 356 g/mol. The summed E-state index contributed by atoms with van der Waals surface area (Å²) in [6, 6.07) is 10.1. The van der Waals surface area contributed by atoms with Crippen molar-refractivity contribution in [2.45, 2.75) is 39.8 Å². The number of benzene rings is 1. The Balaban J connectivity index is 1.70. The lowest BCUT2D eigenvalue weighted by Gasteiger charge is -2.15. The van der Waals surface area contributed by atoms with Gasteiger partial charge >= 0.3 is 0 Å². The van der Waals surface area contributed by atoms with Gasteiger partial charge in [-0.2, -0.15) is 0 Å². The van der Waals surface area contributed by atoms with Crippen LogP contribution in [0, 0.1) is 0 Å². The summed E-state index contributed by atoms with van der Waals surface area (Å²) in [7, 11) is 0. The zero-order chi connectivity index (χ0) is 17.6. The Morgan fingerprint density at radius 2 is 2.16 bits per heavy atom. The molecular weight excluding hydrogens is 332 g/mol. The van der Waals surface area contributed by atoms with Crippen LogP contribution in [0.25, 0.3) is 11.0 Å². The van der Waals surface area contributed by atoms with Crippen molar-refractivity contribution in [2.24, 2.45) is 4.99 Å².